The van der Waals surface area contributed by atoms with Gasteiger partial charge in [0.05, 0.1) is 55.0 Å². The third-order valence-corrected chi connectivity index (χ3v) is 4.97. The number of aromatic amines is 1. The lowest BCUT2D eigenvalue weighted by Gasteiger charge is -2.20. The van der Waals surface area contributed by atoms with Crippen molar-refractivity contribution in [3.05, 3.63) is 69.8 Å². The van der Waals surface area contributed by atoms with Gasteiger partial charge >= 0.3 is 11.9 Å². The van der Waals surface area contributed by atoms with Gasteiger partial charge in [-0.25, -0.2) is 14.6 Å². The zero-order valence-corrected chi connectivity index (χ0v) is 18.5. The number of likely N-dealkylation sites (N-methyl/N-ethyl adjacent to an activating group) is 1. The molecule has 2 N–H and O–H groups in total. The van der Waals surface area contributed by atoms with Crippen molar-refractivity contribution in [3.8, 4) is 0 Å². The van der Waals surface area contributed by atoms with Gasteiger partial charge in [-0.05, 0) is 36.9 Å². The number of anilines is 1. The highest BCUT2D eigenvalue weighted by Crippen LogP contribution is 2.20. The Morgan fingerprint density at radius 1 is 1.06 bits per heavy atom. The van der Waals surface area contributed by atoms with Gasteiger partial charge in [0.25, 0.3) is 5.56 Å². The van der Waals surface area contributed by atoms with Gasteiger partial charge < -0.3 is 19.8 Å². The Labute approximate surface area is 189 Å². The number of H-pyrrole nitrogens is 1. The molecule has 0 saturated heterocycles. The molecule has 0 bridgehead atoms. The summed E-state index contributed by atoms with van der Waals surface area (Å²) in [6.07, 6.45) is 0. The molecule has 0 spiro atoms. The van der Waals surface area contributed by atoms with Gasteiger partial charge in [0.1, 0.15) is 5.82 Å². The number of fused-ring (bicyclic) bond motifs is 1. The Morgan fingerprint density at radius 2 is 1.79 bits per heavy atom. The van der Waals surface area contributed by atoms with Crippen LogP contribution in [0.5, 0.6) is 0 Å². The second-order valence-corrected chi connectivity index (χ2v) is 7.12. The summed E-state index contributed by atoms with van der Waals surface area (Å²) in [6, 6.07) is 11.2. The first-order valence-corrected chi connectivity index (χ1v) is 10.2. The molecule has 0 aliphatic carbocycles. The van der Waals surface area contributed by atoms with Crippen molar-refractivity contribution < 1.29 is 23.9 Å². The number of aromatic nitrogens is 2. The van der Waals surface area contributed by atoms with Crippen molar-refractivity contribution in [1.29, 1.82) is 0 Å². The number of esters is 2. The molecule has 0 atom stereocenters. The van der Waals surface area contributed by atoms with E-state index < -0.39 is 17.8 Å². The van der Waals surface area contributed by atoms with Crippen LogP contribution in [0.4, 0.5) is 5.69 Å². The molecule has 0 aliphatic rings. The van der Waals surface area contributed by atoms with E-state index in [0.717, 1.165) is 0 Å². The number of methoxy groups -OCH3 is 2. The summed E-state index contributed by atoms with van der Waals surface area (Å²) in [5.41, 5.74) is 0.716. The van der Waals surface area contributed by atoms with E-state index in [1.165, 1.54) is 32.4 Å². The Bertz CT molecular complexity index is 1250. The SMILES string of the molecule is CCN(CC(=O)Nc1cc(C(=O)OC)ccc1C(=O)OC)Cc1nc2ccccc2c(=O)[nH]1. The second kappa shape index (κ2) is 10.5. The molecule has 10 heteroatoms. The van der Waals surface area contributed by atoms with E-state index in [4.69, 9.17) is 9.47 Å². The fourth-order valence-electron chi connectivity index (χ4n) is 3.27. The van der Waals surface area contributed by atoms with Crippen LogP contribution in [0.2, 0.25) is 0 Å². The average Bonchev–Trinajstić information content (AvgIpc) is 2.82. The van der Waals surface area contributed by atoms with Crippen LogP contribution in [-0.4, -0.2) is 60.0 Å². The first-order valence-electron chi connectivity index (χ1n) is 10.2. The summed E-state index contributed by atoms with van der Waals surface area (Å²) in [7, 11) is 2.46. The molecular formula is C23H24N4O6. The van der Waals surface area contributed by atoms with Gasteiger partial charge in [-0.2, -0.15) is 0 Å². The molecule has 2 aromatic carbocycles. The zero-order chi connectivity index (χ0) is 24.0. The molecule has 0 saturated carbocycles. The van der Waals surface area contributed by atoms with Crippen LogP contribution in [0.3, 0.4) is 0 Å². The third-order valence-electron chi connectivity index (χ3n) is 4.97. The molecule has 0 unspecified atom stereocenters. The predicted molar refractivity (Wildman–Crippen MR) is 121 cm³/mol. The van der Waals surface area contributed by atoms with Crippen molar-refractivity contribution >= 4 is 34.4 Å². The molecular weight excluding hydrogens is 428 g/mol. The molecule has 172 valence electrons. The van der Waals surface area contributed by atoms with E-state index in [1.54, 1.807) is 29.2 Å². The molecule has 33 heavy (non-hydrogen) atoms. The van der Waals surface area contributed by atoms with E-state index in [9.17, 15) is 19.2 Å². The number of hydrogen-bond acceptors (Lipinski definition) is 8. The minimum absolute atomic E-state index is 0.0455. The van der Waals surface area contributed by atoms with E-state index in [1.807, 2.05) is 6.92 Å². The maximum absolute atomic E-state index is 12.8. The Balaban J connectivity index is 1.78. The first kappa shape index (κ1) is 23.6. The fraction of sp³-hybridized carbons (Fsp3) is 0.261. The molecule has 3 aromatic rings. The van der Waals surface area contributed by atoms with Gasteiger partial charge in [0.2, 0.25) is 5.91 Å². The standard InChI is InChI=1S/C23H24N4O6/c1-4-27(12-19-24-17-8-6-5-7-15(17)21(29)26-19)13-20(28)25-18-11-14(22(30)32-2)9-10-16(18)23(31)33-3/h5-11H,4,12-13H2,1-3H3,(H,25,28)(H,24,26,29). The van der Waals surface area contributed by atoms with Crippen molar-refractivity contribution in [2.75, 3.05) is 32.6 Å². The normalized spacial score (nSPS) is 10.8. The van der Waals surface area contributed by atoms with Crippen molar-refractivity contribution in [3.63, 3.8) is 0 Å². The number of rotatable bonds is 8. The third kappa shape index (κ3) is 5.60. The molecule has 1 amide bonds. The van der Waals surface area contributed by atoms with Crippen LogP contribution in [0.25, 0.3) is 10.9 Å². The minimum Gasteiger partial charge on any atom is -0.465 e. The van der Waals surface area contributed by atoms with Crippen LogP contribution in [0.15, 0.2) is 47.3 Å². The average molecular weight is 452 g/mol. The number of amides is 1. The number of nitrogens with one attached hydrogen (secondary N) is 2. The number of para-hydroxylation sites is 1. The number of nitrogens with zero attached hydrogens (tertiary/aromatic N) is 2. The summed E-state index contributed by atoms with van der Waals surface area (Å²) in [4.78, 5) is 58.0. The number of carbonyl (C=O) groups excluding carboxylic acids is 3. The van der Waals surface area contributed by atoms with Gasteiger partial charge in [-0.15, -0.1) is 0 Å². The summed E-state index contributed by atoms with van der Waals surface area (Å²) in [6.45, 7) is 2.55. The maximum atomic E-state index is 12.8. The van der Waals surface area contributed by atoms with Crippen LogP contribution < -0.4 is 10.9 Å². The first-order chi connectivity index (χ1) is 15.9. The van der Waals surface area contributed by atoms with Crippen LogP contribution in [-0.2, 0) is 20.8 Å². The lowest BCUT2D eigenvalue weighted by atomic mass is 10.1. The molecule has 1 heterocycles. The molecule has 0 fully saturated rings. The Morgan fingerprint density at radius 3 is 2.48 bits per heavy atom. The highest BCUT2D eigenvalue weighted by Gasteiger charge is 2.19. The van der Waals surface area contributed by atoms with Crippen LogP contribution in [0.1, 0.15) is 33.5 Å². The van der Waals surface area contributed by atoms with Gasteiger partial charge in [0.15, 0.2) is 0 Å². The van der Waals surface area contributed by atoms with Crippen molar-refractivity contribution in [2.24, 2.45) is 0 Å². The summed E-state index contributed by atoms with van der Waals surface area (Å²) in [5, 5.41) is 3.14. The van der Waals surface area contributed by atoms with Gasteiger partial charge in [0, 0.05) is 0 Å². The zero-order valence-electron chi connectivity index (χ0n) is 18.5. The molecule has 1 aromatic heterocycles. The number of benzene rings is 2. The summed E-state index contributed by atoms with van der Waals surface area (Å²) < 4.78 is 9.45. The quantitative estimate of drug-likeness (QED) is 0.496. The lowest BCUT2D eigenvalue weighted by molar-refractivity contribution is -0.117. The van der Waals surface area contributed by atoms with Gasteiger partial charge in [-0.1, -0.05) is 19.1 Å². The molecule has 0 radical (unpaired) electrons. The second-order valence-electron chi connectivity index (χ2n) is 7.12. The fourth-order valence-corrected chi connectivity index (χ4v) is 3.27. The van der Waals surface area contributed by atoms with E-state index in [2.05, 4.69) is 15.3 Å². The number of ether oxygens (including phenoxy) is 2. The maximum Gasteiger partial charge on any atom is 0.339 e. The topological polar surface area (TPSA) is 131 Å². The van der Waals surface area contributed by atoms with E-state index in [-0.39, 0.29) is 35.5 Å². The molecule has 0 aliphatic heterocycles. The van der Waals surface area contributed by atoms with Crippen molar-refractivity contribution in [1.82, 2.24) is 14.9 Å². The van der Waals surface area contributed by atoms with Crippen molar-refractivity contribution in [2.45, 2.75) is 13.5 Å². The van der Waals surface area contributed by atoms with E-state index >= 15 is 0 Å². The minimum atomic E-state index is -0.660. The smallest absolute Gasteiger partial charge is 0.339 e. The molecule has 3 rings (SSSR count). The van der Waals surface area contributed by atoms with Gasteiger partial charge in [-0.3, -0.25) is 14.5 Å². The highest BCUT2D eigenvalue weighted by atomic mass is 16.5. The highest BCUT2D eigenvalue weighted by molar-refractivity contribution is 6.03. The predicted octanol–water partition coefficient (Wildman–Crippen LogP) is 1.96. The van der Waals surface area contributed by atoms with Crippen LogP contribution in [0, 0.1) is 0 Å². The van der Waals surface area contributed by atoms with Crippen LogP contribution >= 0.6 is 0 Å². The summed E-state index contributed by atoms with van der Waals surface area (Å²) in [5.74, 6) is -1.26. The Hall–Kier alpha value is -4.05. The summed E-state index contributed by atoms with van der Waals surface area (Å²) >= 11 is 0. The number of hydrogen-bond donors (Lipinski definition) is 2. The number of carbonyl (C=O) groups is 3. The monoisotopic (exact) mass is 452 g/mol. The Kier molecular flexibility index (Phi) is 7.52. The lowest BCUT2D eigenvalue weighted by Crippen LogP contribution is -2.34. The van der Waals surface area contributed by atoms with E-state index in [0.29, 0.717) is 23.3 Å². The largest absolute Gasteiger partial charge is 0.465 e. The molecule has 10 nitrogen and oxygen atoms in total.